The van der Waals surface area contributed by atoms with Gasteiger partial charge in [0.2, 0.25) is 5.82 Å². The Balaban J connectivity index is 1.35. The Hall–Kier alpha value is -4.58. The first-order valence-electron chi connectivity index (χ1n) is 12.2. The van der Waals surface area contributed by atoms with Crippen LogP contribution in [0.2, 0.25) is 0 Å². The van der Waals surface area contributed by atoms with E-state index in [1.54, 1.807) is 6.07 Å². The summed E-state index contributed by atoms with van der Waals surface area (Å²) >= 11 is 0. The maximum atomic E-state index is 9.51. The lowest BCUT2D eigenvalue weighted by Crippen LogP contribution is -2.07. The summed E-state index contributed by atoms with van der Waals surface area (Å²) < 4.78 is 3.94. The Morgan fingerprint density at radius 2 is 1.78 bits per heavy atom. The molecule has 5 aromatic rings. The summed E-state index contributed by atoms with van der Waals surface area (Å²) in [6.07, 6.45) is 6.72. The molecule has 2 aromatic carbocycles. The van der Waals surface area contributed by atoms with Crippen LogP contribution in [-0.4, -0.2) is 40.0 Å². The van der Waals surface area contributed by atoms with Gasteiger partial charge in [-0.2, -0.15) is 15.6 Å². The van der Waals surface area contributed by atoms with E-state index in [4.69, 9.17) is 10.1 Å². The summed E-state index contributed by atoms with van der Waals surface area (Å²) in [5.74, 6) is 2.31. The highest BCUT2D eigenvalue weighted by atomic mass is 15.5. The zero-order chi connectivity index (χ0) is 24.7. The van der Waals surface area contributed by atoms with Crippen molar-refractivity contribution in [2.75, 3.05) is 0 Å². The monoisotopic (exact) mass is 477 g/mol. The molecule has 0 spiro atoms. The first-order valence-corrected chi connectivity index (χ1v) is 12.2. The zero-order valence-corrected chi connectivity index (χ0v) is 20.2. The Morgan fingerprint density at radius 1 is 0.944 bits per heavy atom. The number of H-pyrrole nitrogens is 1. The third-order valence-corrected chi connectivity index (χ3v) is 6.14. The maximum absolute atomic E-state index is 9.51. The van der Waals surface area contributed by atoms with Gasteiger partial charge in [0, 0.05) is 24.7 Å². The molecule has 0 aliphatic heterocycles. The molecule has 0 atom stereocenters. The van der Waals surface area contributed by atoms with Crippen molar-refractivity contribution < 1.29 is 0 Å². The van der Waals surface area contributed by atoms with Crippen molar-refractivity contribution in [1.29, 1.82) is 5.26 Å². The number of rotatable bonds is 10. The molecule has 9 nitrogen and oxygen atoms in total. The van der Waals surface area contributed by atoms with Gasteiger partial charge >= 0.3 is 0 Å². The molecule has 180 valence electrons. The summed E-state index contributed by atoms with van der Waals surface area (Å²) in [4.78, 5) is 4.87. The number of aromatic nitrogens is 8. The van der Waals surface area contributed by atoms with E-state index in [-0.39, 0.29) is 0 Å². The second kappa shape index (κ2) is 10.8. The molecule has 9 heteroatoms. The largest absolute Gasteiger partial charge is 0.313 e. The van der Waals surface area contributed by atoms with Crippen molar-refractivity contribution in [1.82, 2.24) is 40.0 Å². The van der Waals surface area contributed by atoms with Crippen molar-refractivity contribution >= 4 is 0 Å². The molecular weight excluding hydrogens is 450 g/mol. The Morgan fingerprint density at radius 3 is 2.50 bits per heavy atom. The highest BCUT2D eigenvalue weighted by Crippen LogP contribution is 2.25. The fourth-order valence-corrected chi connectivity index (χ4v) is 4.24. The molecular formula is C27H27N9. The van der Waals surface area contributed by atoms with Gasteiger partial charge in [0.05, 0.1) is 12.1 Å². The number of unbranched alkanes of at least 4 members (excludes halogenated alkanes) is 1. The highest BCUT2D eigenvalue weighted by molar-refractivity contribution is 5.64. The molecule has 0 amide bonds. The summed E-state index contributed by atoms with van der Waals surface area (Å²) in [6.45, 7) is 2.85. The standard InChI is InChI=1S/C27H27N9/c1-2-3-9-25-29-24(15-12-20-7-5-4-6-8-20)32-36(25)19-21-10-13-23(14-11-21)35-17-16-22(18-28)26(35)27-30-33-34-31-27/h4-8,10-11,13-14,16-17H,2-3,9,12,15,19H2,1H3,(H,30,31,33,34). The van der Waals surface area contributed by atoms with Gasteiger partial charge < -0.3 is 4.57 Å². The topological polar surface area (TPSA) is 114 Å². The van der Waals surface area contributed by atoms with Crippen LogP contribution in [0.3, 0.4) is 0 Å². The normalized spacial score (nSPS) is 11.0. The van der Waals surface area contributed by atoms with Crippen molar-refractivity contribution in [3.63, 3.8) is 0 Å². The van der Waals surface area contributed by atoms with Gasteiger partial charge in [-0.3, -0.25) is 0 Å². The smallest absolute Gasteiger partial charge is 0.222 e. The number of nitrogens with zero attached hydrogens (tertiary/aromatic N) is 8. The lowest BCUT2D eigenvalue weighted by Gasteiger charge is -2.10. The van der Waals surface area contributed by atoms with E-state index in [2.05, 4.69) is 70.0 Å². The molecule has 36 heavy (non-hydrogen) atoms. The Labute approximate surface area is 209 Å². The quantitative estimate of drug-likeness (QED) is 0.321. The number of tetrazole rings is 1. The van der Waals surface area contributed by atoms with Gasteiger partial charge in [0.25, 0.3) is 0 Å². The second-order valence-corrected chi connectivity index (χ2v) is 8.65. The third-order valence-electron chi connectivity index (χ3n) is 6.14. The lowest BCUT2D eigenvalue weighted by molar-refractivity contribution is 0.613. The molecule has 0 aliphatic rings. The second-order valence-electron chi connectivity index (χ2n) is 8.65. The number of hydrogen-bond donors (Lipinski definition) is 1. The van der Waals surface area contributed by atoms with Crippen molar-refractivity contribution in [3.8, 4) is 23.3 Å². The lowest BCUT2D eigenvalue weighted by atomic mass is 10.1. The fourth-order valence-electron chi connectivity index (χ4n) is 4.24. The summed E-state index contributed by atoms with van der Waals surface area (Å²) in [5, 5.41) is 28.6. The van der Waals surface area contributed by atoms with Crippen LogP contribution in [0.25, 0.3) is 17.2 Å². The molecule has 3 aromatic heterocycles. The van der Waals surface area contributed by atoms with Crippen LogP contribution in [0, 0.1) is 11.3 Å². The molecule has 1 N–H and O–H groups in total. The van der Waals surface area contributed by atoms with Crippen molar-refractivity contribution in [2.24, 2.45) is 0 Å². The Kier molecular flexibility index (Phi) is 6.94. The minimum atomic E-state index is 0.381. The van der Waals surface area contributed by atoms with Crippen LogP contribution < -0.4 is 0 Å². The summed E-state index contributed by atoms with van der Waals surface area (Å²) in [7, 11) is 0. The van der Waals surface area contributed by atoms with Gasteiger partial charge in [-0.15, -0.1) is 10.2 Å². The number of nitriles is 1. The minimum Gasteiger partial charge on any atom is -0.313 e. The molecule has 3 heterocycles. The first-order chi connectivity index (χ1) is 17.7. The van der Waals surface area contributed by atoms with Gasteiger partial charge in [0.1, 0.15) is 17.6 Å². The molecule has 0 aliphatic carbocycles. The van der Waals surface area contributed by atoms with Crippen molar-refractivity contribution in [2.45, 2.75) is 45.6 Å². The third kappa shape index (κ3) is 5.08. The number of nitrogens with one attached hydrogen (secondary N) is 1. The van der Waals surface area contributed by atoms with Crippen LogP contribution >= 0.6 is 0 Å². The number of aryl methyl sites for hydroxylation is 3. The molecule has 0 radical (unpaired) electrons. The van der Waals surface area contributed by atoms with E-state index in [9.17, 15) is 5.26 Å². The Bertz CT molecular complexity index is 1440. The van der Waals surface area contributed by atoms with Gasteiger partial charge in [-0.25, -0.2) is 9.67 Å². The van der Waals surface area contributed by atoms with Gasteiger partial charge in [0.15, 0.2) is 5.82 Å². The van der Waals surface area contributed by atoms with Crippen LogP contribution in [-0.2, 0) is 25.8 Å². The molecule has 5 rings (SSSR count). The van der Waals surface area contributed by atoms with Crippen molar-refractivity contribution in [3.05, 3.63) is 95.2 Å². The number of hydrogen-bond acceptors (Lipinski definition) is 6. The van der Waals surface area contributed by atoms with E-state index < -0.39 is 0 Å². The highest BCUT2D eigenvalue weighted by Gasteiger charge is 2.17. The molecule has 0 bridgehead atoms. The van der Waals surface area contributed by atoms with Crippen LogP contribution in [0.15, 0.2) is 66.9 Å². The van der Waals surface area contributed by atoms with Crippen LogP contribution in [0.5, 0.6) is 0 Å². The van der Waals surface area contributed by atoms with Crippen LogP contribution in [0.1, 0.15) is 48.1 Å². The van der Waals surface area contributed by atoms with E-state index in [0.29, 0.717) is 23.6 Å². The maximum Gasteiger partial charge on any atom is 0.222 e. The molecule has 0 saturated heterocycles. The molecule has 0 fully saturated rings. The number of benzene rings is 2. The SMILES string of the molecule is CCCCc1nc(CCc2ccccc2)nn1Cc1ccc(-n2ccc(C#N)c2-c2nn[nH]n2)cc1. The fraction of sp³-hybridized carbons (Fsp3) is 0.259. The number of aromatic amines is 1. The van der Waals surface area contributed by atoms with Gasteiger partial charge in [-0.05, 0) is 47.4 Å². The summed E-state index contributed by atoms with van der Waals surface area (Å²) in [6, 6.07) is 22.6. The average molecular weight is 478 g/mol. The van der Waals surface area contributed by atoms with E-state index in [1.807, 2.05) is 33.6 Å². The van der Waals surface area contributed by atoms with Crippen LogP contribution in [0.4, 0.5) is 0 Å². The van der Waals surface area contributed by atoms with E-state index >= 15 is 0 Å². The molecule has 0 saturated carbocycles. The minimum absolute atomic E-state index is 0.381. The zero-order valence-electron chi connectivity index (χ0n) is 20.2. The molecule has 0 unspecified atom stereocenters. The first kappa shape index (κ1) is 23.2. The predicted octanol–water partition coefficient (Wildman–Crippen LogP) is 4.30. The van der Waals surface area contributed by atoms with E-state index in [1.165, 1.54) is 5.56 Å². The average Bonchev–Trinajstić information content (AvgIpc) is 3.67. The predicted molar refractivity (Wildman–Crippen MR) is 135 cm³/mol. The van der Waals surface area contributed by atoms with E-state index in [0.717, 1.165) is 55.0 Å². The summed E-state index contributed by atoms with van der Waals surface area (Å²) in [5.41, 5.74) is 4.44. The van der Waals surface area contributed by atoms with Gasteiger partial charge in [-0.1, -0.05) is 55.8 Å².